The Bertz CT molecular complexity index is 1080. The molecule has 0 bridgehead atoms. The van der Waals surface area contributed by atoms with Gasteiger partial charge in [0.25, 0.3) is 0 Å². The SMILES string of the molecule is COc1ccc(C(=O)C(C#N)=Cc2cc(C#Cc3ccccc3)cs2)cc1. The van der Waals surface area contributed by atoms with Crippen LogP contribution in [0.25, 0.3) is 6.08 Å². The minimum atomic E-state index is -0.314. The molecule has 0 radical (unpaired) electrons. The summed E-state index contributed by atoms with van der Waals surface area (Å²) >= 11 is 1.44. The van der Waals surface area contributed by atoms with Crippen molar-refractivity contribution in [3.05, 3.63) is 93.2 Å². The van der Waals surface area contributed by atoms with Gasteiger partial charge in [0.15, 0.2) is 0 Å². The fourth-order valence-corrected chi connectivity index (χ4v) is 3.12. The number of hydrogen-bond acceptors (Lipinski definition) is 4. The second-order valence-electron chi connectivity index (χ2n) is 5.58. The van der Waals surface area contributed by atoms with E-state index in [0.29, 0.717) is 11.3 Å². The number of benzene rings is 2. The monoisotopic (exact) mass is 369 g/mol. The van der Waals surface area contributed by atoms with E-state index in [2.05, 4.69) is 11.8 Å². The number of hydrogen-bond donors (Lipinski definition) is 0. The van der Waals surface area contributed by atoms with Gasteiger partial charge in [0.1, 0.15) is 17.4 Å². The van der Waals surface area contributed by atoms with Crippen molar-refractivity contribution >= 4 is 23.2 Å². The molecule has 0 saturated heterocycles. The van der Waals surface area contributed by atoms with Crippen molar-refractivity contribution in [3.63, 3.8) is 0 Å². The maximum Gasteiger partial charge on any atom is 0.203 e. The Morgan fingerprint density at radius 3 is 2.41 bits per heavy atom. The van der Waals surface area contributed by atoms with Crippen LogP contribution in [-0.2, 0) is 0 Å². The number of carbonyl (C=O) groups is 1. The van der Waals surface area contributed by atoms with Gasteiger partial charge in [0.2, 0.25) is 5.78 Å². The van der Waals surface area contributed by atoms with Crippen molar-refractivity contribution in [3.8, 4) is 23.7 Å². The van der Waals surface area contributed by atoms with Crippen molar-refractivity contribution in [2.75, 3.05) is 7.11 Å². The lowest BCUT2D eigenvalue weighted by Crippen LogP contribution is -2.01. The van der Waals surface area contributed by atoms with Crippen LogP contribution in [0.5, 0.6) is 5.75 Å². The lowest BCUT2D eigenvalue weighted by molar-refractivity contribution is 0.104. The molecule has 3 nitrogen and oxygen atoms in total. The van der Waals surface area contributed by atoms with E-state index in [1.165, 1.54) is 11.3 Å². The van der Waals surface area contributed by atoms with Crippen molar-refractivity contribution < 1.29 is 9.53 Å². The van der Waals surface area contributed by atoms with Gasteiger partial charge in [0.05, 0.1) is 7.11 Å². The molecule has 130 valence electrons. The third-order valence-corrected chi connectivity index (χ3v) is 4.63. The minimum Gasteiger partial charge on any atom is -0.497 e. The van der Waals surface area contributed by atoms with Crippen LogP contribution >= 0.6 is 11.3 Å². The molecular formula is C23H15NO2S. The van der Waals surface area contributed by atoms with Gasteiger partial charge in [-0.1, -0.05) is 30.0 Å². The summed E-state index contributed by atoms with van der Waals surface area (Å²) in [6.45, 7) is 0. The van der Waals surface area contributed by atoms with Crippen molar-refractivity contribution in [2.45, 2.75) is 0 Å². The Labute approximate surface area is 162 Å². The Hall–Kier alpha value is -3.60. The molecule has 0 N–H and O–H groups in total. The van der Waals surface area contributed by atoms with E-state index in [9.17, 15) is 10.1 Å². The number of Topliss-reactive ketones (excluding diaryl/α,β-unsaturated/α-hetero) is 1. The molecule has 0 fully saturated rings. The zero-order valence-electron chi connectivity index (χ0n) is 14.6. The quantitative estimate of drug-likeness (QED) is 0.283. The molecule has 3 aromatic rings. The molecule has 0 unspecified atom stereocenters. The van der Waals surface area contributed by atoms with Crippen LogP contribution in [0, 0.1) is 23.2 Å². The predicted molar refractivity (Wildman–Crippen MR) is 108 cm³/mol. The molecule has 4 heteroatoms. The fourth-order valence-electron chi connectivity index (χ4n) is 2.35. The summed E-state index contributed by atoms with van der Waals surface area (Å²) < 4.78 is 5.09. The first kappa shape index (κ1) is 18.2. The number of ether oxygens (including phenoxy) is 1. The zero-order valence-corrected chi connectivity index (χ0v) is 15.4. The van der Waals surface area contributed by atoms with E-state index in [1.807, 2.05) is 47.8 Å². The van der Waals surface area contributed by atoms with E-state index in [-0.39, 0.29) is 11.4 Å². The number of methoxy groups -OCH3 is 1. The first-order chi connectivity index (χ1) is 13.2. The molecule has 0 saturated carbocycles. The molecule has 0 aliphatic carbocycles. The van der Waals surface area contributed by atoms with Crippen LogP contribution in [0.1, 0.15) is 26.4 Å². The van der Waals surface area contributed by atoms with Gasteiger partial charge in [-0.2, -0.15) is 5.26 Å². The van der Waals surface area contributed by atoms with Gasteiger partial charge >= 0.3 is 0 Å². The maximum atomic E-state index is 12.5. The normalized spacial score (nSPS) is 10.4. The van der Waals surface area contributed by atoms with Crippen molar-refractivity contribution in [2.24, 2.45) is 0 Å². The summed E-state index contributed by atoms with van der Waals surface area (Å²) in [6, 6.07) is 20.3. The molecule has 3 rings (SSSR count). The van der Waals surface area contributed by atoms with Gasteiger partial charge < -0.3 is 4.74 Å². The predicted octanol–water partition coefficient (Wildman–Crippen LogP) is 4.95. The maximum absolute atomic E-state index is 12.5. The lowest BCUT2D eigenvalue weighted by atomic mass is 10.0. The molecule has 0 amide bonds. The van der Waals surface area contributed by atoms with E-state index in [1.54, 1.807) is 37.5 Å². The number of ketones is 1. The molecular weight excluding hydrogens is 354 g/mol. The summed E-state index contributed by atoms with van der Waals surface area (Å²) in [6.07, 6.45) is 1.60. The third-order valence-electron chi connectivity index (χ3n) is 3.75. The first-order valence-electron chi connectivity index (χ1n) is 8.16. The standard InChI is InChI=1S/C23H15NO2S/c1-26-21-11-9-19(10-12-21)23(25)20(15-24)14-22-13-18(16-27-22)8-7-17-5-3-2-4-6-17/h2-6,9-14,16H,1H3. The average molecular weight is 369 g/mol. The van der Waals surface area contributed by atoms with E-state index < -0.39 is 0 Å². The Morgan fingerprint density at radius 2 is 1.74 bits per heavy atom. The number of thiophene rings is 1. The smallest absolute Gasteiger partial charge is 0.203 e. The van der Waals surface area contributed by atoms with Gasteiger partial charge in [-0.25, -0.2) is 0 Å². The molecule has 0 aliphatic rings. The van der Waals surface area contributed by atoms with Crippen LogP contribution in [-0.4, -0.2) is 12.9 Å². The van der Waals surface area contributed by atoms with E-state index in [4.69, 9.17) is 4.74 Å². The molecule has 0 atom stereocenters. The number of carbonyl (C=O) groups excluding carboxylic acids is 1. The number of allylic oxidation sites excluding steroid dienone is 1. The summed E-state index contributed by atoms with van der Waals surface area (Å²) in [4.78, 5) is 13.4. The van der Waals surface area contributed by atoms with E-state index >= 15 is 0 Å². The van der Waals surface area contributed by atoms with Crippen LogP contribution in [0.15, 0.2) is 71.6 Å². The average Bonchev–Trinajstić information content (AvgIpc) is 3.18. The molecule has 2 aromatic carbocycles. The van der Waals surface area contributed by atoms with Gasteiger partial charge in [-0.05, 0) is 48.5 Å². The van der Waals surface area contributed by atoms with Crippen molar-refractivity contribution in [1.29, 1.82) is 5.26 Å². The Balaban J connectivity index is 1.80. The van der Waals surface area contributed by atoms with E-state index in [0.717, 1.165) is 16.0 Å². The molecule has 0 spiro atoms. The molecule has 0 aliphatic heterocycles. The minimum absolute atomic E-state index is 0.0876. The molecule has 27 heavy (non-hydrogen) atoms. The highest BCUT2D eigenvalue weighted by Crippen LogP contribution is 2.20. The summed E-state index contributed by atoms with van der Waals surface area (Å²) in [5.74, 6) is 6.54. The van der Waals surface area contributed by atoms with Crippen molar-refractivity contribution in [1.82, 2.24) is 0 Å². The number of rotatable bonds is 4. The highest BCUT2D eigenvalue weighted by Gasteiger charge is 2.12. The molecule has 1 aromatic heterocycles. The van der Waals surface area contributed by atoms with Gasteiger partial charge in [-0.15, -0.1) is 11.3 Å². The van der Waals surface area contributed by atoms with Crippen LogP contribution in [0.4, 0.5) is 0 Å². The van der Waals surface area contributed by atoms with Gasteiger partial charge in [0, 0.05) is 26.9 Å². The van der Waals surface area contributed by atoms with Crippen LogP contribution < -0.4 is 4.74 Å². The Kier molecular flexibility index (Phi) is 5.84. The summed E-state index contributed by atoms with van der Waals surface area (Å²) in [5, 5.41) is 11.3. The highest BCUT2D eigenvalue weighted by atomic mass is 32.1. The second kappa shape index (κ2) is 8.67. The summed E-state index contributed by atoms with van der Waals surface area (Å²) in [7, 11) is 1.56. The summed E-state index contributed by atoms with van der Waals surface area (Å²) in [5.41, 5.74) is 2.33. The fraction of sp³-hybridized carbons (Fsp3) is 0.0435. The highest BCUT2D eigenvalue weighted by molar-refractivity contribution is 7.11. The third kappa shape index (κ3) is 4.73. The number of nitriles is 1. The number of nitrogens with zero attached hydrogens (tertiary/aromatic N) is 1. The first-order valence-corrected chi connectivity index (χ1v) is 9.04. The topological polar surface area (TPSA) is 50.1 Å². The van der Waals surface area contributed by atoms with Gasteiger partial charge in [-0.3, -0.25) is 4.79 Å². The zero-order chi connectivity index (χ0) is 19.1. The lowest BCUT2D eigenvalue weighted by Gasteiger charge is -2.01. The van der Waals surface area contributed by atoms with Crippen LogP contribution in [0.2, 0.25) is 0 Å². The Morgan fingerprint density at radius 1 is 1.04 bits per heavy atom. The largest absolute Gasteiger partial charge is 0.497 e. The van der Waals surface area contributed by atoms with Crippen LogP contribution in [0.3, 0.4) is 0 Å². The second-order valence-corrected chi connectivity index (χ2v) is 6.52. The molecule has 1 heterocycles.